The zero-order valence-corrected chi connectivity index (χ0v) is 19.4. The molecule has 2 saturated heterocycles. The molecule has 0 unspecified atom stereocenters. The summed E-state index contributed by atoms with van der Waals surface area (Å²) in [6.45, 7) is 6.43. The third-order valence-corrected chi connectivity index (χ3v) is 7.20. The number of nitrogens with two attached hydrogens (primary N) is 1. The SMILES string of the molecule is CC(C)OC(=O)[C@H](C)N[P@@]1(=O)OC[C@H]2O[C@@H](n3cnc4c(=O)[nH]c(N)nc43)[C@](C)(Cl)[C@@H]2O1. The molecular weight excluding hydrogens is 467 g/mol. The topological polar surface area (TPSA) is 173 Å². The van der Waals surface area contributed by atoms with Gasteiger partial charge in [0.2, 0.25) is 5.95 Å². The molecule has 176 valence electrons. The van der Waals surface area contributed by atoms with Crippen molar-refractivity contribution in [3.63, 3.8) is 0 Å². The molecule has 2 aromatic rings. The van der Waals surface area contributed by atoms with E-state index in [0.29, 0.717) is 0 Å². The van der Waals surface area contributed by atoms with E-state index in [1.54, 1.807) is 20.8 Å². The van der Waals surface area contributed by atoms with Gasteiger partial charge in [-0.3, -0.25) is 28.2 Å². The van der Waals surface area contributed by atoms with E-state index in [4.69, 9.17) is 35.9 Å². The van der Waals surface area contributed by atoms with Crippen LogP contribution < -0.4 is 16.4 Å². The van der Waals surface area contributed by atoms with Gasteiger partial charge in [-0.05, 0) is 27.7 Å². The Kier molecular flexibility index (Phi) is 5.85. The van der Waals surface area contributed by atoms with Gasteiger partial charge in [-0.15, -0.1) is 11.6 Å². The molecule has 32 heavy (non-hydrogen) atoms. The zero-order chi connectivity index (χ0) is 23.4. The number of nitrogens with one attached hydrogen (secondary N) is 2. The Morgan fingerprint density at radius 2 is 2.22 bits per heavy atom. The lowest BCUT2D eigenvalue weighted by Crippen LogP contribution is -2.47. The highest BCUT2D eigenvalue weighted by Gasteiger charge is 2.60. The fraction of sp³-hybridized carbons (Fsp3) is 0.647. The minimum absolute atomic E-state index is 0.0622. The summed E-state index contributed by atoms with van der Waals surface area (Å²) in [6, 6.07) is -0.948. The Morgan fingerprint density at radius 1 is 1.50 bits per heavy atom. The standard InChI is InChI=1S/C17H24ClN6O7P/c1-7(2)29-14(26)8(3)23-32(27)28-5-9-11(31-32)17(4,18)15(30-9)24-6-20-10-12(24)21-16(19)22-13(10)25/h6-9,11,15H,5H2,1-4H3,(H,23,27)(H3,19,21,22,25)/t8-,9+,11+,15+,17+,32+/m0/s1. The van der Waals surface area contributed by atoms with E-state index in [0.717, 1.165) is 0 Å². The van der Waals surface area contributed by atoms with E-state index in [1.165, 1.54) is 17.8 Å². The first kappa shape index (κ1) is 23.1. The van der Waals surface area contributed by atoms with Crippen molar-refractivity contribution < 1.29 is 27.9 Å². The smallest absolute Gasteiger partial charge is 0.406 e. The van der Waals surface area contributed by atoms with E-state index in [1.807, 2.05) is 0 Å². The Bertz CT molecular complexity index is 1150. The number of ether oxygens (including phenoxy) is 2. The van der Waals surface area contributed by atoms with Crippen LogP contribution in [0.5, 0.6) is 0 Å². The number of carbonyl (C=O) groups is 1. The summed E-state index contributed by atoms with van der Waals surface area (Å²) in [5.74, 6) is -0.691. The average molecular weight is 491 g/mol. The molecule has 0 aromatic carbocycles. The van der Waals surface area contributed by atoms with Crippen molar-refractivity contribution in [2.45, 2.75) is 63.2 Å². The molecule has 0 radical (unpaired) electrons. The van der Waals surface area contributed by atoms with Crippen LogP contribution in [0, 0.1) is 0 Å². The second kappa shape index (κ2) is 8.08. The summed E-state index contributed by atoms with van der Waals surface area (Å²) in [6.07, 6.45) is -1.43. The first-order chi connectivity index (χ1) is 14.9. The van der Waals surface area contributed by atoms with Gasteiger partial charge in [0.1, 0.15) is 23.1 Å². The van der Waals surface area contributed by atoms with Crippen LogP contribution in [0.4, 0.5) is 5.95 Å². The Morgan fingerprint density at radius 3 is 2.91 bits per heavy atom. The van der Waals surface area contributed by atoms with Crippen LogP contribution in [0.15, 0.2) is 11.1 Å². The molecule has 4 heterocycles. The lowest BCUT2D eigenvalue weighted by Gasteiger charge is -2.36. The number of hydrogen-bond acceptors (Lipinski definition) is 10. The number of anilines is 1. The van der Waals surface area contributed by atoms with Gasteiger partial charge in [-0.2, -0.15) is 4.98 Å². The van der Waals surface area contributed by atoms with Crippen LogP contribution in [0.1, 0.15) is 33.9 Å². The molecule has 4 rings (SSSR count). The molecule has 4 N–H and O–H groups in total. The normalized spacial score (nSPS) is 33.4. The summed E-state index contributed by atoms with van der Waals surface area (Å²) in [7, 11) is -3.91. The van der Waals surface area contributed by atoms with Gasteiger partial charge in [0, 0.05) is 0 Å². The maximum atomic E-state index is 13.2. The molecule has 0 saturated carbocycles. The molecule has 2 aromatic heterocycles. The van der Waals surface area contributed by atoms with Crippen LogP contribution in [0.3, 0.4) is 0 Å². The second-order valence-corrected chi connectivity index (χ2v) is 10.6. The quantitative estimate of drug-likeness (QED) is 0.310. The molecule has 6 atom stereocenters. The summed E-state index contributed by atoms with van der Waals surface area (Å²) < 4.78 is 36.9. The highest BCUT2D eigenvalue weighted by Crippen LogP contribution is 2.57. The number of nitrogens with zero attached hydrogens (tertiary/aromatic N) is 3. The van der Waals surface area contributed by atoms with Crippen LogP contribution >= 0.6 is 19.3 Å². The number of imidazole rings is 1. The first-order valence-corrected chi connectivity index (χ1v) is 11.8. The van der Waals surface area contributed by atoms with Crippen molar-refractivity contribution in [2.75, 3.05) is 12.3 Å². The molecule has 2 fully saturated rings. The minimum Gasteiger partial charge on any atom is -0.462 e. The van der Waals surface area contributed by atoms with Crippen molar-refractivity contribution in [1.82, 2.24) is 24.6 Å². The van der Waals surface area contributed by atoms with Crippen molar-refractivity contribution >= 4 is 42.4 Å². The predicted molar refractivity (Wildman–Crippen MR) is 113 cm³/mol. The summed E-state index contributed by atoms with van der Waals surface area (Å²) in [4.78, 5) is 33.5. The van der Waals surface area contributed by atoms with E-state index < -0.39 is 48.6 Å². The zero-order valence-electron chi connectivity index (χ0n) is 17.8. The molecule has 13 nitrogen and oxygen atoms in total. The Labute approximate surface area is 187 Å². The van der Waals surface area contributed by atoms with E-state index in [-0.39, 0.29) is 29.8 Å². The lowest BCUT2D eigenvalue weighted by molar-refractivity contribution is -0.149. The highest BCUT2D eigenvalue weighted by molar-refractivity contribution is 7.51. The molecule has 0 bridgehead atoms. The maximum Gasteiger partial charge on any atom is 0.406 e. The number of alkyl halides is 1. The fourth-order valence-electron chi connectivity index (χ4n) is 3.67. The number of hydrogen-bond donors (Lipinski definition) is 3. The third-order valence-electron chi connectivity index (χ3n) is 5.10. The molecule has 0 aliphatic carbocycles. The first-order valence-electron chi connectivity index (χ1n) is 9.89. The second-order valence-electron chi connectivity index (χ2n) is 8.11. The van der Waals surface area contributed by atoms with Gasteiger partial charge in [-0.1, -0.05) is 0 Å². The van der Waals surface area contributed by atoms with Gasteiger partial charge >= 0.3 is 13.7 Å². The molecule has 15 heteroatoms. The number of esters is 1. The molecule has 2 aliphatic rings. The van der Waals surface area contributed by atoms with Crippen molar-refractivity contribution in [3.05, 3.63) is 16.7 Å². The number of nitrogen functional groups attached to an aromatic ring is 1. The summed E-state index contributed by atoms with van der Waals surface area (Å²) in [5.41, 5.74) is 5.39. The lowest BCUT2D eigenvalue weighted by atomic mass is 10.0. The molecule has 0 amide bonds. The number of halogens is 1. The number of H-pyrrole nitrogens is 1. The molecule has 0 spiro atoms. The largest absolute Gasteiger partial charge is 0.462 e. The van der Waals surface area contributed by atoms with Crippen LogP contribution in [0.2, 0.25) is 0 Å². The van der Waals surface area contributed by atoms with E-state index in [2.05, 4.69) is 20.0 Å². The van der Waals surface area contributed by atoms with Gasteiger partial charge < -0.3 is 15.2 Å². The van der Waals surface area contributed by atoms with Crippen molar-refractivity contribution in [1.29, 1.82) is 0 Å². The summed E-state index contributed by atoms with van der Waals surface area (Å²) >= 11 is 6.83. The van der Waals surface area contributed by atoms with Crippen LogP contribution in [-0.4, -0.2) is 61.3 Å². The Balaban J connectivity index is 1.58. The average Bonchev–Trinajstić information content (AvgIpc) is 3.19. The van der Waals surface area contributed by atoms with Crippen LogP contribution in [0.25, 0.3) is 11.2 Å². The number of fused-ring (bicyclic) bond motifs is 2. The number of rotatable bonds is 5. The van der Waals surface area contributed by atoms with Gasteiger partial charge in [0.25, 0.3) is 5.56 Å². The molecular formula is C17H24ClN6O7P. The van der Waals surface area contributed by atoms with Gasteiger partial charge in [0.15, 0.2) is 17.4 Å². The van der Waals surface area contributed by atoms with Crippen molar-refractivity contribution in [2.24, 2.45) is 0 Å². The van der Waals surface area contributed by atoms with Gasteiger partial charge in [0.05, 0.1) is 19.0 Å². The highest BCUT2D eigenvalue weighted by atomic mass is 35.5. The van der Waals surface area contributed by atoms with E-state index >= 15 is 0 Å². The summed E-state index contributed by atoms with van der Waals surface area (Å²) in [5, 5.41) is 2.57. The monoisotopic (exact) mass is 490 g/mol. The molecule has 2 aliphatic heterocycles. The Hall–Kier alpha value is -2.02. The maximum absolute atomic E-state index is 13.2. The fourth-order valence-corrected chi connectivity index (χ4v) is 5.84. The number of carbonyl (C=O) groups excluding carboxylic acids is 1. The third kappa shape index (κ3) is 4.04. The van der Waals surface area contributed by atoms with Gasteiger partial charge in [-0.25, -0.2) is 14.6 Å². The minimum atomic E-state index is -3.91. The van der Waals surface area contributed by atoms with Crippen LogP contribution in [-0.2, 0) is 27.9 Å². The van der Waals surface area contributed by atoms with E-state index in [9.17, 15) is 14.2 Å². The number of aromatic amines is 1. The predicted octanol–water partition coefficient (Wildman–Crippen LogP) is 1.05. The van der Waals surface area contributed by atoms with Crippen molar-refractivity contribution in [3.8, 4) is 0 Å². The number of aromatic nitrogens is 4.